The summed E-state index contributed by atoms with van der Waals surface area (Å²) < 4.78 is 0. The van der Waals surface area contributed by atoms with Gasteiger partial charge in [-0.1, -0.05) is 0 Å². The van der Waals surface area contributed by atoms with Gasteiger partial charge in [0, 0.05) is 11.8 Å². The van der Waals surface area contributed by atoms with E-state index in [1.807, 2.05) is 13.8 Å². The maximum absolute atomic E-state index is 10.6. The van der Waals surface area contributed by atoms with Crippen LogP contribution < -0.4 is 5.32 Å². The van der Waals surface area contributed by atoms with Gasteiger partial charge in [-0.05, 0) is 13.8 Å². The molecular weight excluding hydrogens is 172 g/mol. The first-order chi connectivity index (χ1) is 5.59. The molecule has 1 aromatic heterocycles. The molecule has 0 saturated carbocycles. The maximum atomic E-state index is 10.6. The van der Waals surface area contributed by atoms with Gasteiger partial charge in [-0.2, -0.15) is 0 Å². The number of rotatable bonds is 2. The highest BCUT2D eigenvalue weighted by molar-refractivity contribution is 7.11. The molecule has 66 valence electrons. The summed E-state index contributed by atoms with van der Waals surface area (Å²) in [4.78, 5) is 16.1. The Morgan fingerprint density at radius 2 is 2.25 bits per heavy atom. The third-order valence-corrected chi connectivity index (χ3v) is 2.63. The predicted molar refractivity (Wildman–Crippen MR) is 49.1 cm³/mol. The van der Waals surface area contributed by atoms with E-state index >= 15 is 0 Å². The topological polar surface area (TPSA) is 42.0 Å². The normalized spacial score (nSPS) is 9.92. The van der Waals surface area contributed by atoms with Gasteiger partial charge < -0.3 is 5.32 Å². The predicted octanol–water partition coefficient (Wildman–Crippen LogP) is 1.40. The van der Waals surface area contributed by atoms with E-state index in [0.717, 1.165) is 10.7 Å². The Bertz CT molecular complexity index is 274. The van der Waals surface area contributed by atoms with Crippen LogP contribution in [0.3, 0.4) is 0 Å². The van der Waals surface area contributed by atoms with Gasteiger partial charge in [-0.3, -0.25) is 4.79 Å². The number of amides is 1. The summed E-state index contributed by atoms with van der Waals surface area (Å²) in [5.41, 5.74) is 1.06. The quantitative estimate of drug-likeness (QED) is 0.754. The van der Waals surface area contributed by atoms with Crippen molar-refractivity contribution in [3.05, 3.63) is 15.6 Å². The maximum Gasteiger partial charge on any atom is 0.217 e. The summed E-state index contributed by atoms with van der Waals surface area (Å²) in [5, 5.41) is 3.68. The van der Waals surface area contributed by atoms with E-state index in [4.69, 9.17) is 0 Å². The molecule has 0 unspecified atom stereocenters. The number of carbonyl (C=O) groups excluding carboxylic acids is 1. The molecule has 12 heavy (non-hydrogen) atoms. The van der Waals surface area contributed by atoms with Crippen LogP contribution in [0.5, 0.6) is 0 Å². The molecule has 3 nitrogen and oxygen atoms in total. The number of nitrogens with one attached hydrogen (secondary N) is 1. The van der Waals surface area contributed by atoms with Gasteiger partial charge in [0.05, 0.1) is 12.2 Å². The molecule has 0 aliphatic carbocycles. The van der Waals surface area contributed by atoms with Crippen molar-refractivity contribution in [3.63, 3.8) is 0 Å². The Hall–Kier alpha value is -0.900. The number of hydrogen-bond donors (Lipinski definition) is 1. The van der Waals surface area contributed by atoms with Crippen LogP contribution >= 0.6 is 11.3 Å². The van der Waals surface area contributed by atoms with Crippen molar-refractivity contribution >= 4 is 17.2 Å². The molecule has 0 aromatic carbocycles. The van der Waals surface area contributed by atoms with Crippen LogP contribution in [0, 0.1) is 13.8 Å². The first-order valence-corrected chi connectivity index (χ1v) is 4.58. The third-order valence-electron chi connectivity index (χ3n) is 1.56. The Morgan fingerprint density at radius 1 is 1.58 bits per heavy atom. The third kappa shape index (κ3) is 2.30. The summed E-state index contributed by atoms with van der Waals surface area (Å²) in [5.74, 6) is -0.0134. The van der Waals surface area contributed by atoms with Gasteiger partial charge in [0.15, 0.2) is 0 Å². The van der Waals surface area contributed by atoms with Crippen LogP contribution in [-0.2, 0) is 11.3 Å². The van der Waals surface area contributed by atoms with E-state index in [1.54, 1.807) is 11.3 Å². The van der Waals surface area contributed by atoms with Crippen LogP contribution in [0.25, 0.3) is 0 Å². The van der Waals surface area contributed by atoms with Crippen LogP contribution in [-0.4, -0.2) is 10.9 Å². The fourth-order valence-corrected chi connectivity index (χ4v) is 1.69. The molecule has 0 atom stereocenters. The molecule has 1 N–H and O–H groups in total. The minimum atomic E-state index is -0.0134. The number of carbonyl (C=O) groups is 1. The molecule has 0 bridgehead atoms. The van der Waals surface area contributed by atoms with Crippen molar-refractivity contribution in [1.29, 1.82) is 0 Å². The SMILES string of the molecule is CC(=O)NCc1nc(C)c(C)s1. The van der Waals surface area contributed by atoms with Crippen LogP contribution in [0.4, 0.5) is 0 Å². The highest BCUT2D eigenvalue weighted by Gasteiger charge is 2.02. The summed E-state index contributed by atoms with van der Waals surface area (Å²) in [6.07, 6.45) is 0. The van der Waals surface area contributed by atoms with E-state index < -0.39 is 0 Å². The minimum absolute atomic E-state index is 0.0134. The number of nitrogens with zero attached hydrogens (tertiary/aromatic N) is 1. The van der Waals surface area contributed by atoms with Crippen molar-refractivity contribution in [2.45, 2.75) is 27.3 Å². The summed E-state index contributed by atoms with van der Waals surface area (Å²) in [7, 11) is 0. The van der Waals surface area contributed by atoms with Crippen molar-refractivity contribution in [1.82, 2.24) is 10.3 Å². The van der Waals surface area contributed by atoms with Crippen LogP contribution in [0.2, 0.25) is 0 Å². The largest absolute Gasteiger partial charge is 0.350 e. The second kappa shape index (κ2) is 3.67. The van der Waals surface area contributed by atoms with E-state index in [9.17, 15) is 4.79 Å². The lowest BCUT2D eigenvalue weighted by molar-refractivity contribution is -0.119. The van der Waals surface area contributed by atoms with Gasteiger partial charge >= 0.3 is 0 Å². The minimum Gasteiger partial charge on any atom is -0.350 e. The molecule has 0 spiro atoms. The lowest BCUT2D eigenvalue weighted by Crippen LogP contribution is -2.18. The van der Waals surface area contributed by atoms with Crippen molar-refractivity contribution in [2.24, 2.45) is 0 Å². The molecule has 0 fully saturated rings. The van der Waals surface area contributed by atoms with Gasteiger partial charge in [0.1, 0.15) is 5.01 Å². The van der Waals surface area contributed by atoms with Crippen LogP contribution in [0.15, 0.2) is 0 Å². The van der Waals surface area contributed by atoms with E-state index in [0.29, 0.717) is 6.54 Å². The number of thiazole rings is 1. The Morgan fingerprint density at radius 3 is 2.67 bits per heavy atom. The lowest BCUT2D eigenvalue weighted by atomic mass is 10.4. The molecule has 0 radical (unpaired) electrons. The average molecular weight is 184 g/mol. The molecule has 4 heteroatoms. The Balaban J connectivity index is 2.58. The molecule has 0 saturated heterocycles. The zero-order chi connectivity index (χ0) is 9.14. The monoisotopic (exact) mass is 184 g/mol. The molecular formula is C8H12N2OS. The summed E-state index contributed by atoms with van der Waals surface area (Å²) in [6.45, 7) is 6.06. The van der Waals surface area contributed by atoms with E-state index in [1.165, 1.54) is 11.8 Å². The zero-order valence-electron chi connectivity index (χ0n) is 7.47. The Labute approximate surface area is 75.8 Å². The Kier molecular flexibility index (Phi) is 2.81. The lowest BCUT2D eigenvalue weighted by Gasteiger charge is -1.95. The first-order valence-electron chi connectivity index (χ1n) is 3.77. The van der Waals surface area contributed by atoms with Crippen LogP contribution in [0.1, 0.15) is 22.5 Å². The van der Waals surface area contributed by atoms with Crippen molar-refractivity contribution in [2.75, 3.05) is 0 Å². The average Bonchev–Trinajstić information content (AvgIpc) is 2.28. The molecule has 1 heterocycles. The fraction of sp³-hybridized carbons (Fsp3) is 0.500. The number of aromatic nitrogens is 1. The zero-order valence-corrected chi connectivity index (χ0v) is 8.29. The highest BCUT2D eigenvalue weighted by atomic mass is 32.1. The van der Waals surface area contributed by atoms with E-state index in [2.05, 4.69) is 10.3 Å². The van der Waals surface area contributed by atoms with Gasteiger partial charge in [-0.25, -0.2) is 4.98 Å². The van der Waals surface area contributed by atoms with Gasteiger partial charge in [-0.15, -0.1) is 11.3 Å². The number of hydrogen-bond acceptors (Lipinski definition) is 3. The fourth-order valence-electron chi connectivity index (χ4n) is 0.815. The van der Waals surface area contributed by atoms with Gasteiger partial charge in [0.25, 0.3) is 0 Å². The molecule has 0 aliphatic rings. The summed E-state index contributed by atoms with van der Waals surface area (Å²) in [6, 6.07) is 0. The molecule has 1 amide bonds. The highest BCUT2D eigenvalue weighted by Crippen LogP contribution is 2.15. The standard InChI is InChI=1S/C8H12N2OS/c1-5-6(2)12-8(10-5)4-9-7(3)11/h4H2,1-3H3,(H,9,11). The molecule has 1 rings (SSSR count). The summed E-state index contributed by atoms with van der Waals surface area (Å²) >= 11 is 1.63. The van der Waals surface area contributed by atoms with Crippen molar-refractivity contribution < 1.29 is 4.79 Å². The van der Waals surface area contributed by atoms with Gasteiger partial charge in [0.2, 0.25) is 5.91 Å². The second-order valence-electron chi connectivity index (χ2n) is 2.66. The smallest absolute Gasteiger partial charge is 0.217 e. The number of aryl methyl sites for hydroxylation is 2. The van der Waals surface area contributed by atoms with E-state index in [-0.39, 0.29) is 5.91 Å². The molecule has 1 aromatic rings. The first kappa shape index (κ1) is 9.19. The van der Waals surface area contributed by atoms with Crippen molar-refractivity contribution in [3.8, 4) is 0 Å². The molecule has 0 aliphatic heterocycles. The second-order valence-corrected chi connectivity index (χ2v) is 3.95.